The maximum atomic E-state index is 11.6. The van der Waals surface area contributed by atoms with Crippen LogP contribution in [-0.4, -0.2) is 30.8 Å². The lowest BCUT2D eigenvalue weighted by Gasteiger charge is -2.14. The van der Waals surface area contributed by atoms with Crippen LogP contribution in [0.3, 0.4) is 0 Å². The predicted octanol–water partition coefficient (Wildman–Crippen LogP) is 2.24. The van der Waals surface area contributed by atoms with Gasteiger partial charge in [-0.2, -0.15) is 0 Å². The number of rotatable bonds is 8. The average molecular weight is 286 g/mol. The van der Waals surface area contributed by atoms with Gasteiger partial charge in [0.05, 0.1) is 5.02 Å². The molecule has 1 rings (SSSR count). The average Bonchev–Trinajstić information content (AvgIpc) is 2.42. The van der Waals surface area contributed by atoms with Gasteiger partial charge in [0.15, 0.2) is 6.61 Å². The third-order valence-corrected chi connectivity index (χ3v) is 3.21. The van der Waals surface area contributed by atoms with E-state index in [2.05, 4.69) is 5.32 Å². The molecule has 19 heavy (non-hydrogen) atoms. The molecule has 0 bridgehead atoms. The summed E-state index contributed by atoms with van der Waals surface area (Å²) >= 11 is 5.91. The third kappa shape index (κ3) is 5.94. The van der Waals surface area contributed by atoms with Gasteiger partial charge >= 0.3 is 0 Å². The molecule has 0 aromatic heterocycles. The Morgan fingerprint density at radius 2 is 2.21 bits per heavy atom. The van der Waals surface area contributed by atoms with Gasteiger partial charge in [0, 0.05) is 13.2 Å². The number of hydrogen-bond donors (Lipinski definition) is 2. The molecule has 1 unspecified atom stereocenters. The van der Waals surface area contributed by atoms with Gasteiger partial charge < -0.3 is 15.2 Å². The van der Waals surface area contributed by atoms with Crippen LogP contribution in [-0.2, 0) is 4.79 Å². The quantitative estimate of drug-likeness (QED) is 0.770. The van der Waals surface area contributed by atoms with Crippen molar-refractivity contribution in [2.75, 3.05) is 19.8 Å². The number of aliphatic hydroxyl groups excluding tert-OH is 1. The van der Waals surface area contributed by atoms with Crippen LogP contribution in [0.25, 0.3) is 0 Å². The molecule has 1 aromatic rings. The van der Waals surface area contributed by atoms with Crippen molar-refractivity contribution >= 4 is 17.5 Å². The van der Waals surface area contributed by atoms with E-state index >= 15 is 0 Å². The number of ether oxygens (including phenoxy) is 1. The fourth-order valence-electron chi connectivity index (χ4n) is 1.65. The minimum absolute atomic E-state index is 0.0563. The van der Waals surface area contributed by atoms with Crippen molar-refractivity contribution in [1.29, 1.82) is 0 Å². The van der Waals surface area contributed by atoms with Crippen molar-refractivity contribution < 1.29 is 14.6 Å². The van der Waals surface area contributed by atoms with Crippen LogP contribution < -0.4 is 10.1 Å². The molecule has 0 fully saturated rings. The zero-order valence-electron chi connectivity index (χ0n) is 11.1. The molecule has 0 saturated carbocycles. The summed E-state index contributed by atoms with van der Waals surface area (Å²) in [5, 5.41) is 12.1. The number of aliphatic hydroxyl groups is 1. The number of carbonyl (C=O) groups is 1. The molecular weight excluding hydrogens is 266 g/mol. The molecule has 0 aliphatic carbocycles. The number of benzene rings is 1. The Kier molecular flexibility index (Phi) is 7.30. The summed E-state index contributed by atoms with van der Waals surface area (Å²) in [7, 11) is 0. The summed E-state index contributed by atoms with van der Waals surface area (Å²) in [6.45, 7) is 2.68. The maximum absolute atomic E-state index is 11.6. The highest BCUT2D eigenvalue weighted by Crippen LogP contribution is 2.22. The summed E-state index contributed by atoms with van der Waals surface area (Å²) in [5.74, 6) is 0.618. The first-order valence-corrected chi connectivity index (χ1v) is 6.80. The Labute approximate surface area is 118 Å². The highest BCUT2D eigenvalue weighted by atomic mass is 35.5. The van der Waals surface area contributed by atoms with Crippen molar-refractivity contribution in [2.45, 2.75) is 19.8 Å². The lowest BCUT2D eigenvalue weighted by Crippen LogP contribution is -2.33. The van der Waals surface area contributed by atoms with Crippen LogP contribution in [0.1, 0.15) is 19.8 Å². The number of halogens is 1. The number of carbonyl (C=O) groups excluding carboxylic acids is 1. The zero-order chi connectivity index (χ0) is 14.1. The first-order valence-electron chi connectivity index (χ1n) is 6.42. The summed E-state index contributed by atoms with van der Waals surface area (Å²) in [6.07, 6.45) is 1.62. The van der Waals surface area contributed by atoms with Crippen LogP contribution in [0.2, 0.25) is 5.02 Å². The molecule has 1 aromatic carbocycles. The van der Waals surface area contributed by atoms with Gasteiger partial charge in [0.25, 0.3) is 5.91 Å². The Bertz CT molecular complexity index is 398. The van der Waals surface area contributed by atoms with Gasteiger partial charge in [-0.15, -0.1) is 0 Å². The van der Waals surface area contributed by atoms with Crippen LogP contribution in [0.5, 0.6) is 5.75 Å². The third-order valence-electron chi connectivity index (χ3n) is 2.90. The lowest BCUT2D eigenvalue weighted by atomic mass is 10.0. The lowest BCUT2D eigenvalue weighted by molar-refractivity contribution is -0.123. The van der Waals surface area contributed by atoms with E-state index in [4.69, 9.17) is 21.4 Å². The van der Waals surface area contributed by atoms with Gasteiger partial charge in [-0.25, -0.2) is 0 Å². The van der Waals surface area contributed by atoms with E-state index in [0.717, 1.165) is 6.42 Å². The van der Waals surface area contributed by atoms with Crippen LogP contribution in [0.15, 0.2) is 24.3 Å². The number of amides is 1. The minimum atomic E-state index is -0.184. The highest BCUT2D eigenvalue weighted by Gasteiger charge is 2.09. The van der Waals surface area contributed by atoms with E-state index in [0.29, 0.717) is 29.7 Å². The molecule has 0 aliphatic heterocycles. The van der Waals surface area contributed by atoms with Gasteiger partial charge in [0.1, 0.15) is 5.75 Å². The van der Waals surface area contributed by atoms with Crippen molar-refractivity contribution in [3.63, 3.8) is 0 Å². The van der Waals surface area contributed by atoms with E-state index in [1.165, 1.54) is 0 Å². The summed E-state index contributed by atoms with van der Waals surface area (Å²) < 4.78 is 5.33. The standard InChI is InChI=1S/C14H20ClNO3/c1-2-11(7-8-17)9-16-14(18)10-19-13-6-4-3-5-12(13)15/h3-6,11,17H,2,7-10H2,1H3,(H,16,18). The van der Waals surface area contributed by atoms with Gasteiger partial charge in [-0.3, -0.25) is 4.79 Å². The predicted molar refractivity (Wildman–Crippen MR) is 75.4 cm³/mol. The molecule has 0 aliphatic rings. The minimum Gasteiger partial charge on any atom is -0.482 e. The van der Waals surface area contributed by atoms with Crippen molar-refractivity contribution in [3.05, 3.63) is 29.3 Å². The van der Waals surface area contributed by atoms with E-state index in [-0.39, 0.29) is 19.1 Å². The first kappa shape index (κ1) is 15.8. The second-order valence-corrected chi connectivity index (χ2v) is 4.72. The van der Waals surface area contributed by atoms with E-state index < -0.39 is 0 Å². The maximum Gasteiger partial charge on any atom is 0.257 e. The zero-order valence-corrected chi connectivity index (χ0v) is 11.8. The van der Waals surface area contributed by atoms with E-state index in [9.17, 15) is 4.79 Å². The Morgan fingerprint density at radius 1 is 1.47 bits per heavy atom. The first-order chi connectivity index (χ1) is 9.17. The number of nitrogens with one attached hydrogen (secondary N) is 1. The molecule has 0 saturated heterocycles. The smallest absolute Gasteiger partial charge is 0.257 e. The fraction of sp³-hybridized carbons (Fsp3) is 0.500. The molecular formula is C14H20ClNO3. The molecule has 4 nitrogen and oxygen atoms in total. The van der Waals surface area contributed by atoms with Crippen LogP contribution in [0, 0.1) is 5.92 Å². The summed E-state index contributed by atoms with van der Waals surface area (Å²) in [4.78, 5) is 11.6. The Balaban J connectivity index is 2.30. The summed E-state index contributed by atoms with van der Waals surface area (Å²) in [6, 6.07) is 7.03. The van der Waals surface area contributed by atoms with Crippen LogP contribution in [0.4, 0.5) is 0 Å². The SMILES string of the molecule is CCC(CCO)CNC(=O)COc1ccccc1Cl. The molecule has 1 atom stereocenters. The molecule has 2 N–H and O–H groups in total. The van der Waals surface area contributed by atoms with E-state index in [1.54, 1.807) is 24.3 Å². The van der Waals surface area contributed by atoms with Gasteiger partial charge in [-0.1, -0.05) is 37.1 Å². The molecule has 0 radical (unpaired) electrons. The Morgan fingerprint density at radius 3 is 2.84 bits per heavy atom. The molecule has 0 spiro atoms. The molecule has 106 valence electrons. The van der Waals surface area contributed by atoms with Crippen LogP contribution >= 0.6 is 11.6 Å². The number of hydrogen-bond acceptors (Lipinski definition) is 3. The van der Waals surface area contributed by atoms with Gasteiger partial charge in [-0.05, 0) is 24.5 Å². The molecule has 5 heteroatoms. The van der Waals surface area contributed by atoms with Gasteiger partial charge in [0.2, 0.25) is 0 Å². The highest BCUT2D eigenvalue weighted by molar-refractivity contribution is 6.32. The molecule has 1 amide bonds. The van der Waals surface area contributed by atoms with Crippen molar-refractivity contribution in [2.24, 2.45) is 5.92 Å². The van der Waals surface area contributed by atoms with Crippen molar-refractivity contribution in [1.82, 2.24) is 5.32 Å². The number of para-hydroxylation sites is 1. The van der Waals surface area contributed by atoms with E-state index in [1.807, 2.05) is 6.92 Å². The van der Waals surface area contributed by atoms with Crippen molar-refractivity contribution in [3.8, 4) is 5.75 Å². The second-order valence-electron chi connectivity index (χ2n) is 4.31. The monoisotopic (exact) mass is 285 g/mol. The summed E-state index contributed by atoms with van der Waals surface area (Å²) in [5.41, 5.74) is 0. The Hall–Kier alpha value is -1.26. The largest absolute Gasteiger partial charge is 0.482 e. The second kappa shape index (κ2) is 8.77. The molecule has 0 heterocycles. The topological polar surface area (TPSA) is 58.6 Å². The normalized spacial score (nSPS) is 11.9. The fourth-order valence-corrected chi connectivity index (χ4v) is 1.84.